The zero-order valence-electron chi connectivity index (χ0n) is 13.1. The first-order chi connectivity index (χ1) is 10.7. The second kappa shape index (κ2) is 8.66. The highest BCUT2D eigenvalue weighted by Gasteiger charge is 2.09. The molecule has 2 nitrogen and oxygen atoms in total. The largest absolute Gasteiger partial charge is 0.393 e. The van der Waals surface area contributed by atoms with Gasteiger partial charge in [0.15, 0.2) is 0 Å². The van der Waals surface area contributed by atoms with Crippen LogP contribution in [0.4, 0.5) is 4.39 Å². The van der Waals surface area contributed by atoms with Crippen LogP contribution in [0.2, 0.25) is 0 Å². The summed E-state index contributed by atoms with van der Waals surface area (Å²) in [4.78, 5) is 2.32. The van der Waals surface area contributed by atoms with Crippen LogP contribution >= 0.6 is 0 Å². The minimum atomic E-state index is -0.393. The first-order valence-corrected chi connectivity index (χ1v) is 7.86. The van der Waals surface area contributed by atoms with Crippen molar-refractivity contribution in [1.82, 2.24) is 4.90 Å². The maximum absolute atomic E-state index is 12.9. The summed E-state index contributed by atoms with van der Waals surface area (Å²) in [5.74, 6) is -0.238. The maximum Gasteiger partial charge on any atom is 0.123 e. The zero-order chi connectivity index (χ0) is 15.8. The minimum Gasteiger partial charge on any atom is -0.393 e. The average Bonchev–Trinajstić information content (AvgIpc) is 2.54. The summed E-state index contributed by atoms with van der Waals surface area (Å²) in [6, 6.07) is 16.7. The van der Waals surface area contributed by atoms with Crippen LogP contribution in [0.3, 0.4) is 0 Å². The Kier molecular flexibility index (Phi) is 6.56. The number of halogens is 1. The van der Waals surface area contributed by atoms with Crippen LogP contribution in [-0.2, 0) is 13.0 Å². The molecule has 0 saturated heterocycles. The number of benzene rings is 2. The lowest BCUT2D eigenvalue weighted by Crippen LogP contribution is -2.27. The Hall–Kier alpha value is -1.71. The fourth-order valence-corrected chi connectivity index (χ4v) is 2.52. The molecule has 2 rings (SSSR count). The lowest BCUT2D eigenvalue weighted by atomic mass is 10.1. The van der Waals surface area contributed by atoms with Gasteiger partial charge in [0.1, 0.15) is 5.82 Å². The topological polar surface area (TPSA) is 23.5 Å². The molecular weight excluding hydrogens is 277 g/mol. The van der Waals surface area contributed by atoms with E-state index in [1.165, 1.54) is 17.7 Å². The number of hydrogen-bond donors (Lipinski definition) is 1. The first kappa shape index (κ1) is 16.7. The van der Waals surface area contributed by atoms with Gasteiger partial charge in [0.25, 0.3) is 0 Å². The molecule has 0 aromatic heterocycles. The quantitative estimate of drug-likeness (QED) is 0.804. The molecule has 0 spiro atoms. The molecule has 0 amide bonds. The number of aliphatic hydroxyl groups is 1. The van der Waals surface area contributed by atoms with Gasteiger partial charge in [-0.1, -0.05) is 49.4 Å². The lowest BCUT2D eigenvalue weighted by Gasteiger charge is -2.22. The van der Waals surface area contributed by atoms with Gasteiger partial charge >= 0.3 is 0 Å². The van der Waals surface area contributed by atoms with E-state index < -0.39 is 6.10 Å². The fraction of sp³-hybridized carbons (Fsp3) is 0.368. The summed E-state index contributed by atoms with van der Waals surface area (Å²) < 4.78 is 12.9. The molecule has 0 aliphatic rings. The summed E-state index contributed by atoms with van der Waals surface area (Å²) in [5, 5.41) is 10.2. The summed E-state index contributed by atoms with van der Waals surface area (Å²) in [6.07, 6.45) is 0.900. The number of hydrogen-bond acceptors (Lipinski definition) is 2. The first-order valence-electron chi connectivity index (χ1n) is 7.86. The van der Waals surface area contributed by atoms with E-state index >= 15 is 0 Å². The molecule has 1 N–H and O–H groups in total. The minimum absolute atomic E-state index is 0.238. The van der Waals surface area contributed by atoms with Crippen molar-refractivity contribution in [2.24, 2.45) is 0 Å². The second-order valence-electron chi connectivity index (χ2n) is 5.63. The molecule has 118 valence electrons. The van der Waals surface area contributed by atoms with Crippen molar-refractivity contribution in [1.29, 1.82) is 0 Å². The smallest absolute Gasteiger partial charge is 0.123 e. The molecule has 0 bridgehead atoms. The highest BCUT2D eigenvalue weighted by atomic mass is 19.1. The highest BCUT2D eigenvalue weighted by Crippen LogP contribution is 2.10. The molecule has 0 saturated carbocycles. The summed E-state index contributed by atoms with van der Waals surface area (Å²) in [6.45, 7) is 4.85. The Morgan fingerprint density at radius 1 is 1.00 bits per heavy atom. The van der Waals surface area contributed by atoms with Crippen LogP contribution in [0, 0.1) is 5.82 Å². The van der Waals surface area contributed by atoms with Crippen LogP contribution in [-0.4, -0.2) is 29.2 Å². The molecule has 0 radical (unpaired) electrons. The molecule has 2 aromatic rings. The number of aliphatic hydroxyl groups excluding tert-OH is 1. The second-order valence-corrected chi connectivity index (χ2v) is 5.63. The molecular formula is C19H24FNO. The van der Waals surface area contributed by atoms with Crippen molar-refractivity contribution < 1.29 is 9.50 Å². The van der Waals surface area contributed by atoms with E-state index in [0.717, 1.165) is 31.6 Å². The molecule has 0 heterocycles. The van der Waals surface area contributed by atoms with E-state index in [0.29, 0.717) is 6.42 Å². The van der Waals surface area contributed by atoms with Crippen LogP contribution in [0.5, 0.6) is 0 Å². The van der Waals surface area contributed by atoms with Crippen molar-refractivity contribution in [2.45, 2.75) is 32.4 Å². The van der Waals surface area contributed by atoms with Gasteiger partial charge in [0, 0.05) is 13.1 Å². The Bertz CT molecular complexity index is 541. The number of nitrogens with zero attached hydrogens (tertiary/aromatic N) is 1. The Morgan fingerprint density at radius 3 is 2.32 bits per heavy atom. The fourth-order valence-electron chi connectivity index (χ4n) is 2.52. The Morgan fingerprint density at radius 2 is 1.68 bits per heavy atom. The Balaban J connectivity index is 1.78. The van der Waals surface area contributed by atoms with E-state index in [4.69, 9.17) is 0 Å². The molecule has 1 unspecified atom stereocenters. The predicted molar refractivity (Wildman–Crippen MR) is 88.1 cm³/mol. The third-order valence-electron chi connectivity index (χ3n) is 3.86. The van der Waals surface area contributed by atoms with Gasteiger partial charge in [0.05, 0.1) is 6.10 Å². The highest BCUT2D eigenvalue weighted by molar-refractivity contribution is 5.17. The summed E-state index contributed by atoms with van der Waals surface area (Å²) >= 11 is 0. The Labute approximate surface area is 132 Å². The molecule has 0 aliphatic carbocycles. The maximum atomic E-state index is 12.9. The van der Waals surface area contributed by atoms with Crippen molar-refractivity contribution in [3.8, 4) is 0 Å². The van der Waals surface area contributed by atoms with Gasteiger partial charge in [0.2, 0.25) is 0 Å². The third-order valence-corrected chi connectivity index (χ3v) is 3.86. The zero-order valence-corrected chi connectivity index (χ0v) is 13.1. The van der Waals surface area contributed by atoms with Gasteiger partial charge < -0.3 is 5.11 Å². The molecule has 3 heteroatoms. The monoisotopic (exact) mass is 301 g/mol. The van der Waals surface area contributed by atoms with E-state index in [1.54, 1.807) is 12.1 Å². The molecule has 22 heavy (non-hydrogen) atoms. The van der Waals surface area contributed by atoms with Crippen molar-refractivity contribution in [3.63, 3.8) is 0 Å². The number of rotatable bonds is 8. The lowest BCUT2D eigenvalue weighted by molar-refractivity contribution is 0.140. The van der Waals surface area contributed by atoms with Gasteiger partial charge in [-0.2, -0.15) is 0 Å². The van der Waals surface area contributed by atoms with Crippen molar-refractivity contribution in [3.05, 3.63) is 71.5 Å². The van der Waals surface area contributed by atoms with E-state index in [1.807, 2.05) is 18.2 Å². The van der Waals surface area contributed by atoms with Crippen LogP contribution in [0.25, 0.3) is 0 Å². The van der Waals surface area contributed by atoms with E-state index in [9.17, 15) is 9.50 Å². The van der Waals surface area contributed by atoms with Crippen molar-refractivity contribution >= 4 is 0 Å². The van der Waals surface area contributed by atoms with Crippen molar-refractivity contribution in [2.75, 3.05) is 13.1 Å². The summed E-state index contributed by atoms with van der Waals surface area (Å²) in [7, 11) is 0. The van der Waals surface area contributed by atoms with E-state index in [2.05, 4.69) is 24.0 Å². The van der Waals surface area contributed by atoms with Crippen LogP contribution in [0.15, 0.2) is 54.6 Å². The van der Waals surface area contributed by atoms with Gasteiger partial charge in [-0.25, -0.2) is 4.39 Å². The van der Waals surface area contributed by atoms with Crippen LogP contribution < -0.4 is 0 Å². The van der Waals surface area contributed by atoms with Gasteiger partial charge in [-0.05, 0) is 42.6 Å². The SMILES string of the molecule is CCN(CCC(O)Cc1ccc(F)cc1)Cc1ccccc1. The van der Waals surface area contributed by atoms with Gasteiger partial charge in [-0.3, -0.25) is 4.90 Å². The normalized spacial score (nSPS) is 12.5. The van der Waals surface area contributed by atoms with Gasteiger partial charge in [-0.15, -0.1) is 0 Å². The molecule has 0 aliphatic heterocycles. The predicted octanol–water partition coefficient (Wildman–Crippen LogP) is 3.64. The third kappa shape index (κ3) is 5.58. The molecule has 1 atom stereocenters. The molecule has 2 aromatic carbocycles. The summed E-state index contributed by atoms with van der Waals surface area (Å²) in [5.41, 5.74) is 2.26. The average molecular weight is 301 g/mol. The molecule has 0 fully saturated rings. The van der Waals surface area contributed by atoms with Crippen LogP contribution in [0.1, 0.15) is 24.5 Å². The standard InChI is InChI=1S/C19H24FNO/c1-2-21(15-17-6-4-3-5-7-17)13-12-19(22)14-16-8-10-18(20)11-9-16/h3-11,19,22H,2,12-15H2,1H3. The van der Waals surface area contributed by atoms with E-state index in [-0.39, 0.29) is 5.82 Å².